The lowest BCUT2D eigenvalue weighted by atomic mass is 10.0. The fourth-order valence-corrected chi connectivity index (χ4v) is 8.51. The Morgan fingerprint density at radius 2 is 0.770 bits per heavy atom. The van der Waals surface area contributed by atoms with Crippen molar-refractivity contribution in [2.24, 2.45) is 0 Å². The van der Waals surface area contributed by atoms with Crippen LogP contribution in [0.3, 0.4) is 0 Å². The molecule has 0 aromatic heterocycles. The molecule has 0 rings (SSSR count). The molecule has 0 N–H and O–H groups in total. The fraction of sp³-hybridized carbons (Fsp3) is 0.769. The molecule has 74 heavy (non-hydrogen) atoms. The molecule has 0 heterocycles. The van der Waals surface area contributed by atoms with Crippen molar-refractivity contribution in [3.8, 4) is 0 Å². The Labute approximate surface area is 456 Å². The first kappa shape index (κ1) is 70.7. The average molecular weight is 1040 g/mol. The lowest BCUT2D eigenvalue weighted by Gasteiger charge is -2.26. The van der Waals surface area contributed by atoms with E-state index in [1.165, 1.54) is 141 Å². The van der Waals surface area contributed by atoms with Crippen LogP contribution in [0.25, 0.3) is 0 Å². The van der Waals surface area contributed by atoms with Crippen molar-refractivity contribution < 1.29 is 42.9 Å². The summed E-state index contributed by atoms with van der Waals surface area (Å²) < 4.78 is 22.6. The number of hydrogen-bond acceptors (Lipinski definition) is 8. The third kappa shape index (κ3) is 56.5. The van der Waals surface area contributed by atoms with Crippen LogP contribution in [-0.4, -0.2) is 82.3 Å². The normalized spacial score (nSPS) is 13.3. The van der Waals surface area contributed by atoms with Crippen molar-refractivity contribution >= 4 is 17.9 Å². The summed E-state index contributed by atoms with van der Waals surface area (Å²) in [5, 5.41) is 11.7. The van der Waals surface area contributed by atoms with Gasteiger partial charge in [0, 0.05) is 12.8 Å². The summed E-state index contributed by atoms with van der Waals surface area (Å²) in [5.41, 5.74) is 0. The van der Waals surface area contributed by atoms with E-state index >= 15 is 0 Å². The van der Waals surface area contributed by atoms with E-state index < -0.39 is 24.3 Å². The van der Waals surface area contributed by atoms with Gasteiger partial charge in [-0.15, -0.1) is 0 Å². The van der Waals surface area contributed by atoms with Crippen molar-refractivity contribution in [3.63, 3.8) is 0 Å². The Hall–Kier alpha value is -3.27. The van der Waals surface area contributed by atoms with E-state index in [1.54, 1.807) is 0 Å². The number of unbranched alkanes of at least 4 members (excludes halogenated alkanes) is 29. The minimum atomic E-state index is -1.62. The molecule has 0 saturated carbocycles. The summed E-state index contributed by atoms with van der Waals surface area (Å²) in [6.07, 6.45) is 70.0. The highest BCUT2D eigenvalue weighted by Crippen LogP contribution is 2.17. The molecule has 0 saturated heterocycles. The van der Waals surface area contributed by atoms with Gasteiger partial charge >= 0.3 is 11.9 Å². The molecule has 9 heteroatoms. The molecule has 0 aliphatic rings. The number of likely N-dealkylation sites (N-methyl/N-ethyl adjacent to an activating group) is 1. The summed E-state index contributed by atoms with van der Waals surface area (Å²) in [6.45, 7) is 4.57. The van der Waals surface area contributed by atoms with Crippen LogP contribution in [0.15, 0.2) is 72.9 Å². The van der Waals surface area contributed by atoms with E-state index in [2.05, 4.69) is 86.8 Å². The molecule has 2 unspecified atom stereocenters. The SMILES string of the molecule is CC/C=C\C/C=C\C/C=C\C/C=C\C/C=C\CCCCCCCCCCCCCCCCCCCCCCCCCC(=O)OC(COC(=O)CCCCCCC/C=C\CCC)COC(OCC[N+](C)(C)C)C(=O)[O-]. The quantitative estimate of drug-likeness (QED) is 0.0195. The first-order valence-electron chi connectivity index (χ1n) is 30.6. The van der Waals surface area contributed by atoms with Gasteiger partial charge in [-0.3, -0.25) is 9.59 Å². The van der Waals surface area contributed by atoms with Crippen LogP contribution >= 0.6 is 0 Å². The number of rotatable bonds is 56. The number of nitrogens with zero attached hydrogens (tertiary/aromatic N) is 1. The lowest BCUT2D eigenvalue weighted by molar-refractivity contribution is -0.870. The van der Waals surface area contributed by atoms with Crippen molar-refractivity contribution in [2.75, 3.05) is 47.5 Å². The Balaban J connectivity index is 3.91. The first-order chi connectivity index (χ1) is 36.1. The molecule has 0 bridgehead atoms. The van der Waals surface area contributed by atoms with Gasteiger partial charge in [0.15, 0.2) is 12.4 Å². The fourth-order valence-electron chi connectivity index (χ4n) is 8.51. The third-order valence-electron chi connectivity index (χ3n) is 13.2. The monoisotopic (exact) mass is 1040 g/mol. The second kappa shape index (κ2) is 55.9. The van der Waals surface area contributed by atoms with Crippen LogP contribution in [-0.2, 0) is 33.3 Å². The molecule has 0 fully saturated rings. The van der Waals surface area contributed by atoms with Gasteiger partial charge in [-0.05, 0) is 77.0 Å². The van der Waals surface area contributed by atoms with Crippen molar-refractivity contribution in [3.05, 3.63) is 72.9 Å². The molecule has 0 spiro atoms. The molecular weight excluding hydrogens is 923 g/mol. The van der Waals surface area contributed by atoms with Crippen LogP contribution in [0, 0.1) is 0 Å². The number of carbonyl (C=O) groups excluding carboxylic acids is 3. The second-order valence-electron chi connectivity index (χ2n) is 21.6. The zero-order valence-corrected chi connectivity index (χ0v) is 48.7. The zero-order chi connectivity index (χ0) is 54.1. The number of allylic oxidation sites excluding steroid dienone is 12. The Kier molecular flexibility index (Phi) is 53.5. The van der Waals surface area contributed by atoms with Gasteiger partial charge in [0.05, 0.1) is 40.3 Å². The standard InChI is InChI=1S/C65H115NO8/c1-6-8-10-12-14-16-18-19-20-21-22-23-24-25-26-27-28-29-30-31-32-33-34-35-36-37-38-39-40-41-42-43-44-45-46-48-50-52-54-56-63(68)74-61(60-73-65(64(69)70)71-58-57-66(3,4)5)59-72-62(67)55-53-51-49-47-17-15-13-11-9-7-2/h8,10-11,13-14,16,19-20,22-23,25-26,61,65H,6-7,9,12,15,17-18,21,24,27-60H2,1-5H3/b10-8-,13-11-,16-14-,20-19-,23-22-,26-25-. The van der Waals surface area contributed by atoms with Crippen LogP contribution in [0.1, 0.15) is 264 Å². The van der Waals surface area contributed by atoms with Crippen LogP contribution in [0.2, 0.25) is 0 Å². The molecule has 0 radical (unpaired) electrons. The van der Waals surface area contributed by atoms with Gasteiger partial charge < -0.3 is 33.3 Å². The van der Waals surface area contributed by atoms with Crippen molar-refractivity contribution in [1.82, 2.24) is 0 Å². The predicted octanol–water partition coefficient (Wildman–Crippen LogP) is 16.8. The van der Waals surface area contributed by atoms with Crippen LogP contribution in [0.4, 0.5) is 0 Å². The van der Waals surface area contributed by atoms with E-state index in [9.17, 15) is 19.5 Å². The third-order valence-corrected chi connectivity index (χ3v) is 13.2. The van der Waals surface area contributed by atoms with E-state index in [1.807, 2.05) is 21.1 Å². The topological polar surface area (TPSA) is 111 Å². The number of hydrogen-bond donors (Lipinski definition) is 0. The minimum absolute atomic E-state index is 0.147. The molecule has 0 aliphatic carbocycles. The van der Waals surface area contributed by atoms with E-state index in [0.29, 0.717) is 17.4 Å². The number of ether oxygens (including phenoxy) is 4. The zero-order valence-electron chi connectivity index (χ0n) is 48.7. The van der Waals surface area contributed by atoms with Gasteiger partial charge in [-0.25, -0.2) is 0 Å². The number of aliphatic carboxylic acids is 1. The number of quaternary nitrogens is 1. The summed E-state index contributed by atoms with van der Waals surface area (Å²) >= 11 is 0. The maximum Gasteiger partial charge on any atom is 0.306 e. The van der Waals surface area contributed by atoms with Gasteiger partial charge in [0.1, 0.15) is 13.2 Å². The second-order valence-corrected chi connectivity index (χ2v) is 21.6. The van der Waals surface area contributed by atoms with Gasteiger partial charge in [0.2, 0.25) is 0 Å². The summed E-state index contributed by atoms with van der Waals surface area (Å²) in [7, 11) is 5.92. The van der Waals surface area contributed by atoms with Crippen LogP contribution < -0.4 is 5.11 Å². The minimum Gasteiger partial charge on any atom is -0.545 e. The van der Waals surface area contributed by atoms with Crippen molar-refractivity contribution in [1.29, 1.82) is 0 Å². The predicted molar refractivity (Wildman–Crippen MR) is 311 cm³/mol. The molecule has 2 atom stereocenters. The molecule has 0 aliphatic heterocycles. The van der Waals surface area contributed by atoms with Gasteiger partial charge in [-0.1, -0.05) is 247 Å². The molecule has 0 amide bonds. The number of carbonyl (C=O) groups is 3. The van der Waals surface area contributed by atoms with E-state index in [4.69, 9.17) is 18.9 Å². The highest BCUT2D eigenvalue weighted by Gasteiger charge is 2.22. The summed E-state index contributed by atoms with van der Waals surface area (Å²) in [5.74, 6) is -2.29. The number of carboxylic acids is 1. The maximum absolute atomic E-state index is 12.8. The largest absolute Gasteiger partial charge is 0.545 e. The average Bonchev–Trinajstić information content (AvgIpc) is 3.37. The van der Waals surface area contributed by atoms with Crippen LogP contribution in [0.5, 0.6) is 0 Å². The molecule has 428 valence electrons. The molecular formula is C65H115NO8. The van der Waals surface area contributed by atoms with Gasteiger partial charge in [0.25, 0.3) is 0 Å². The summed E-state index contributed by atoms with van der Waals surface area (Å²) in [6, 6.07) is 0. The van der Waals surface area contributed by atoms with E-state index in [0.717, 1.165) is 89.9 Å². The number of carboxylic acid groups (broad SMARTS) is 1. The Morgan fingerprint density at radius 1 is 0.419 bits per heavy atom. The molecule has 9 nitrogen and oxygen atoms in total. The Bertz CT molecular complexity index is 1440. The summed E-state index contributed by atoms with van der Waals surface area (Å²) in [4.78, 5) is 37.1. The highest BCUT2D eigenvalue weighted by atomic mass is 16.7. The molecule has 0 aromatic rings. The van der Waals surface area contributed by atoms with E-state index in [-0.39, 0.29) is 38.6 Å². The number of esters is 2. The highest BCUT2D eigenvalue weighted by molar-refractivity contribution is 5.70. The first-order valence-corrected chi connectivity index (χ1v) is 30.6. The smallest absolute Gasteiger partial charge is 0.306 e. The lowest BCUT2D eigenvalue weighted by Crippen LogP contribution is -2.44. The maximum atomic E-state index is 12.8. The van der Waals surface area contributed by atoms with Gasteiger partial charge in [-0.2, -0.15) is 0 Å². The van der Waals surface area contributed by atoms with Crippen molar-refractivity contribution in [2.45, 2.75) is 277 Å². The Morgan fingerprint density at radius 3 is 1.16 bits per heavy atom. The molecule has 0 aromatic carbocycles.